The number of oxime groups is 1. The average molecular weight is 244 g/mol. The van der Waals surface area contributed by atoms with Gasteiger partial charge in [-0.3, -0.25) is 9.59 Å². The van der Waals surface area contributed by atoms with Crippen molar-refractivity contribution >= 4 is 17.6 Å². The van der Waals surface area contributed by atoms with Gasteiger partial charge < -0.3 is 22.0 Å². The highest BCUT2D eigenvalue weighted by atomic mass is 16.4. The molecule has 1 atom stereocenters. The number of rotatable bonds is 7. The summed E-state index contributed by atoms with van der Waals surface area (Å²) in [4.78, 5) is 22.3. The number of carbonyl (C=O) groups is 2. The fourth-order valence-electron chi connectivity index (χ4n) is 1.23. The van der Waals surface area contributed by atoms with Gasteiger partial charge in [0, 0.05) is 13.0 Å². The molecule has 6 N–H and O–H groups in total. The van der Waals surface area contributed by atoms with Crippen LogP contribution in [0.3, 0.4) is 0 Å². The third-order valence-corrected chi connectivity index (χ3v) is 2.77. The molecule has 0 aromatic heterocycles. The van der Waals surface area contributed by atoms with Crippen LogP contribution in [-0.2, 0) is 9.59 Å². The standard InChI is InChI=1S/C10H20N4O3/c1-3-10(2,8(12)14-17)9(16)13-6-4-5-7(11)15/h17H,3-6H2,1-2H3,(H2,11,15)(H2,12,14)(H,13,16). The van der Waals surface area contributed by atoms with E-state index in [4.69, 9.17) is 16.7 Å². The summed E-state index contributed by atoms with van der Waals surface area (Å²) in [6.07, 6.45) is 1.09. The van der Waals surface area contributed by atoms with E-state index in [2.05, 4.69) is 10.5 Å². The molecule has 0 saturated carbocycles. The molecule has 0 bridgehead atoms. The van der Waals surface area contributed by atoms with Crippen LogP contribution < -0.4 is 16.8 Å². The van der Waals surface area contributed by atoms with Crippen LogP contribution in [0.1, 0.15) is 33.1 Å². The van der Waals surface area contributed by atoms with Crippen LogP contribution in [0.15, 0.2) is 5.16 Å². The highest BCUT2D eigenvalue weighted by Crippen LogP contribution is 2.21. The Morgan fingerprint density at radius 3 is 2.41 bits per heavy atom. The van der Waals surface area contributed by atoms with Crippen molar-refractivity contribution in [2.45, 2.75) is 33.1 Å². The number of primary amides is 1. The summed E-state index contributed by atoms with van der Waals surface area (Å²) in [6, 6.07) is 0. The van der Waals surface area contributed by atoms with E-state index in [-0.39, 0.29) is 18.2 Å². The topological polar surface area (TPSA) is 131 Å². The van der Waals surface area contributed by atoms with Gasteiger partial charge in [0.2, 0.25) is 11.8 Å². The average Bonchev–Trinajstić information content (AvgIpc) is 2.31. The van der Waals surface area contributed by atoms with Gasteiger partial charge >= 0.3 is 0 Å². The Kier molecular flexibility index (Phi) is 6.01. The van der Waals surface area contributed by atoms with Crippen LogP contribution in [0.5, 0.6) is 0 Å². The summed E-state index contributed by atoms with van der Waals surface area (Å²) in [5.74, 6) is -0.874. The predicted molar refractivity (Wildman–Crippen MR) is 63.2 cm³/mol. The molecular weight excluding hydrogens is 224 g/mol. The van der Waals surface area contributed by atoms with Crippen molar-refractivity contribution in [1.82, 2.24) is 5.32 Å². The zero-order chi connectivity index (χ0) is 13.5. The van der Waals surface area contributed by atoms with Crippen LogP contribution >= 0.6 is 0 Å². The van der Waals surface area contributed by atoms with E-state index in [1.54, 1.807) is 13.8 Å². The quantitative estimate of drug-likeness (QED) is 0.158. The molecular formula is C10H20N4O3. The molecule has 0 aliphatic carbocycles. The van der Waals surface area contributed by atoms with Crippen molar-refractivity contribution in [2.75, 3.05) is 6.54 Å². The SMILES string of the molecule is CCC(C)(C(=O)NCCCC(N)=O)C(N)=NO. The Balaban J connectivity index is 4.32. The molecule has 0 spiro atoms. The van der Waals surface area contributed by atoms with Crippen LogP contribution in [0.2, 0.25) is 0 Å². The van der Waals surface area contributed by atoms with Crippen LogP contribution in [-0.4, -0.2) is 29.4 Å². The molecule has 0 saturated heterocycles. The van der Waals surface area contributed by atoms with Gasteiger partial charge in [0.05, 0.1) is 0 Å². The summed E-state index contributed by atoms with van der Waals surface area (Å²) in [5.41, 5.74) is 9.41. The van der Waals surface area contributed by atoms with Gasteiger partial charge in [-0.15, -0.1) is 0 Å². The van der Waals surface area contributed by atoms with E-state index in [0.29, 0.717) is 19.4 Å². The van der Waals surface area contributed by atoms with Gasteiger partial charge in [-0.25, -0.2) is 0 Å². The first-order valence-electron chi connectivity index (χ1n) is 5.43. The second-order valence-electron chi connectivity index (χ2n) is 4.00. The third-order valence-electron chi connectivity index (χ3n) is 2.77. The minimum absolute atomic E-state index is 0.132. The Morgan fingerprint density at radius 1 is 1.41 bits per heavy atom. The predicted octanol–water partition coefficient (Wildman–Crippen LogP) is -0.469. The lowest BCUT2D eigenvalue weighted by molar-refractivity contribution is -0.127. The number of nitrogens with zero attached hydrogens (tertiary/aromatic N) is 1. The second-order valence-corrected chi connectivity index (χ2v) is 4.00. The van der Waals surface area contributed by atoms with Gasteiger partial charge in [0.15, 0.2) is 5.84 Å². The molecule has 7 heteroatoms. The smallest absolute Gasteiger partial charge is 0.233 e. The zero-order valence-corrected chi connectivity index (χ0v) is 10.2. The maximum atomic E-state index is 11.8. The Hall–Kier alpha value is -1.79. The molecule has 17 heavy (non-hydrogen) atoms. The Labute approximate surface area is 100 Å². The molecule has 0 fully saturated rings. The second kappa shape index (κ2) is 6.72. The minimum atomic E-state index is -1.04. The van der Waals surface area contributed by atoms with Gasteiger partial charge in [0.1, 0.15) is 5.41 Å². The fourth-order valence-corrected chi connectivity index (χ4v) is 1.23. The van der Waals surface area contributed by atoms with Gasteiger partial charge in [-0.05, 0) is 19.8 Å². The first-order valence-corrected chi connectivity index (χ1v) is 5.43. The maximum absolute atomic E-state index is 11.8. The van der Waals surface area contributed by atoms with Gasteiger partial charge in [-0.2, -0.15) is 0 Å². The molecule has 0 radical (unpaired) electrons. The summed E-state index contributed by atoms with van der Waals surface area (Å²) in [5, 5.41) is 14.1. The Morgan fingerprint density at radius 2 is 2.00 bits per heavy atom. The highest BCUT2D eigenvalue weighted by Gasteiger charge is 2.35. The van der Waals surface area contributed by atoms with Gasteiger partial charge in [-0.1, -0.05) is 12.1 Å². The normalized spacial score (nSPS) is 15.1. The number of amides is 2. The summed E-state index contributed by atoms with van der Waals surface area (Å²) >= 11 is 0. The number of amidine groups is 1. The third kappa shape index (κ3) is 4.29. The molecule has 0 rings (SSSR count). The first kappa shape index (κ1) is 15.2. The molecule has 0 heterocycles. The van der Waals surface area contributed by atoms with E-state index in [0.717, 1.165) is 0 Å². The maximum Gasteiger partial charge on any atom is 0.233 e. The summed E-state index contributed by atoms with van der Waals surface area (Å²) in [6.45, 7) is 3.68. The molecule has 7 nitrogen and oxygen atoms in total. The summed E-state index contributed by atoms with van der Waals surface area (Å²) in [7, 11) is 0. The van der Waals surface area contributed by atoms with Crippen molar-refractivity contribution < 1.29 is 14.8 Å². The number of hydrogen-bond acceptors (Lipinski definition) is 4. The van der Waals surface area contributed by atoms with Crippen LogP contribution in [0, 0.1) is 5.41 Å². The molecule has 98 valence electrons. The number of hydrogen-bond donors (Lipinski definition) is 4. The van der Waals surface area contributed by atoms with E-state index in [1.165, 1.54) is 0 Å². The van der Waals surface area contributed by atoms with Crippen molar-refractivity contribution in [3.8, 4) is 0 Å². The summed E-state index contributed by atoms with van der Waals surface area (Å²) < 4.78 is 0. The van der Waals surface area contributed by atoms with Crippen molar-refractivity contribution in [1.29, 1.82) is 0 Å². The van der Waals surface area contributed by atoms with E-state index >= 15 is 0 Å². The number of carbonyl (C=O) groups excluding carboxylic acids is 2. The first-order chi connectivity index (χ1) is 7.88. The lowest BCUT2D eigenvalue weighted by Gasteiger charge is -2.25. The van der Waals surface area contributed by atoms with E-state index in [1.807, 2.05) is 0 Å². The molecule has 0 aliphatic rings. The van der Waals surface area contributed by atoms with E-state index in [9.17, 15) is 9.59 Å². The molecule has 0 aromatic rings. The molecule has 0 aromatic carbocycles. The lowest BCUT2D eigenvalue weighted by atomic mass is 9.85. The molecule has 0 aliphatic heterocycles. The van der Waals surface area contributed by atoms with Crippen molar-refractivity contribution in [2.24, 2.45) is 22.0 Å². The fraction of sp³-hybridized carbons (Fsp3) is 0.700. The van der Waals surface area contributed by atoms with Gasteiger partial charge in [0.25, 0.3) is 0 Å². The highest BCUT2D eigenvalue weighted by molar-refractivity contribution is 6.06. The van der Waals surface area contributed by atoms with E-state index < -0.39 is 11.3 Å². The number of nitrogens with two attached hydrogens (primary N) is 2. The van der Waals surface area contributed by atoms with Crippen LogP contribution in [0.4, 0.5) is 0 Å². The molecule has 2 amide bonds. The largest absolute Gasteiger partial charge is 0.409 e. The van der Waals surface area contributed by atoms with Crippen LogP contribution in [0.25, 0.3) is 0 Å². The minimum Gasteiger partial charge on any atom is -0.409 e. The lowest BCUT2D eigenvalue weighted by Crippen LogP contribution is -2.47. The molecule has 1 unspecified atom stereocenters. The van der Waals surface area contributed by atoms with Crippen molar-refractivity contribution in [3.05, 3.63) is 0 Å². The number of nitrogens with one attached hydrogen (secondary N) is 1. The Bertz CT molecular complexity index is 317. The van der Waals surface area contributed by atoms with Crippen molar-refractivity contribution in [3.63, 3.8) is 0 Å². The monoisotopic (exact) mass is 244 g/mol. The zero-order valence-electron chi connectivity index (χ0n) is 10.2.